The first-order chi connectivity index (χ1) is 12.2. The zero-order valence-electron chi connectivity index (χ0n) is 13.0. The maximum atomic E-state index is 11.4. The van der Waals surface area contributed by atoms with Crippen LogP contribution in [0.25, 0.3) is 11.0 Å². The van der Waals surface area contributed by atoms with E-state index in [1.54, 1.807) is 0 Å². The van der Waals surface area contributed by atoms with Crippen molar-refractivity contribution in [3.63, 3.8) is 0 Å². The Balaban J connectivity index is 1.96. The van der Waals surface area contributed by atoms with Crippen LogP contribution in [0.3, 0.4) is 0 Å². The van der Waals surface area contributed by atoms with E-state index in [-0.39, 0.29) is 16.7 Å². The molecule has 1 saturated heterocycles. The van der Waals surface area contributed by atoms with Gasteiger partial charge in [0.1, 0.15) is 46.9 Å². The largest absolute Gasteiger partial charge is 0.507 e. The van der Waals surface area contributed by atoms with Crippen molar-refractivity contribution in [2.24, 2.45) is 0 Å². The van der Waals surface area contributed by atoms with Crippen LogP contribution in [0.2, 0.25) is 0 Å². The molecular formula is C15H16O11. The highest BCUT2D eigenvalue weighted by atomic mass is 16.7. The summed E-state index contributed by atoms with van der Waals surface area (Å²) in [6, 6.07) is 2.04. The Labute approximate surface area is 144 Å². The molecule has 0 radical (unpaired) electrons. The van der Waals surface area contributed by atoms with Crippen LogP contribution < -0.4 is 10.4 Å². The average molecular weight is 372 g/mol. The lowest BCUT2D eigenvalue weighted by Crippen LogP contribution is -2.60. The number of hydrogen-bond donors (Lipinski definition) is 7. The maximum absolute atomic E-state index is 11.4. The summed E-state index contributed by atoms with van der Waals surface area (Å²) in [5.74, 6) is -2.75. The molecule has 5 atom stereocenters. The van der Waals surface area contributed by atoms with Crippen molar-refractivity contribution in [2.45, 2.75) is 30.7 Å². The van der Waals surface area contributed by atoms with Gasteiger partial charge in [-0.1, -0.05) is 0 Å². The molecule has 1 aromatic heterocycles. The first-order valence-corrected chi connectivity index (χ1v) is 7.43. The molecule has 0 unspecified atom stereocenters. The van der Waals surface area contributed by atoms with Gasteiger partial charge in [0, 0.05) is 12.1 Å². The number of aromatic hydroxyl groups is 3. The summed E-state index contributed by atoms with van der Waals surface area (Å²) in [6.45, 7) is -0.657. The molecule has 0 spiro atoms. The Bertz CT molecular complexity index is 874. The standard InChI is InChI=1S/C15H16O11/c16-3-7-9(18)11(20)13(22)15(26-7)24-4-1-5(17)8-6(2-4)25-14(23)12(21)10(8)19/h1-2,7,9,11,13,15-22H,3H2/t7-,9-,11+,13-,15-/m1/s1. The molecule has 2 aromatic rings. The van der Waals surface area contributed by atoms with E-state index in [2.05, 4.69) is 0 Å². The fourth-order valence-electron chi connectivity index (χ4n) is 2.62. The first kappa shape index (κ1) is 18.2. The summed E-state index contributed by atoms with van der Waals surface area (Å²) in [6.07, 6.45) is -7.66. The Kier molecular flexibility index (Phi) is 4.64. The SMILES string of the molecule is O=c1oc2cc(O[C@@H]3O[C@H](CO)[C@@H](O)[C@H](O)[C@H]3O)cc(O)c2c(O)c1O. The number of phenolic OH excluding ortho intramolecular Hbond substituents is 1. The number of ether oxygens (including phenoxy) is 2. The van der Waals surface area contributed by atoms with E-state index in [4.69, 9.17) is 19.0 Å². The summed E-state index contributed by atoms with van der Waals surface area (Å²) in [5.41, 5.74) is -1.58. The van der Waals surface area contributed by atoms with Crippen LogP contribution in [0, 0.1) is 0 Å². The molecule has 0 aliphatic carbocycles. The van der Waals surface area contributed by atoms with Crippen molar-refractivity contribution in [3.05, 3.63) is 22.6 Å². The van der Waals surface area contributed by atoms with Crippen molar-refractivity contribution >= 4 is 11.0 Å². The fourth-order valence-corrected chi connectivity index (χ4v) is 2.62. The van der Waals surface area contributed by atoms with Crippen molar-refractivity contribution < 1.29 is 49.6 Å². The van der Waals surface area contributed by atoms with E-state index in [0.29, 0.717) is 0 Å². The van der Waals surface area contributed by atoms with Gasteiger partial charge >= 0.3 is 5.63 Å². The van der Waals surface area contributed by atoms with Gasteiger partial charge in [0.05, 0.1) is 6.61 Å². The van der Waals surface area contributed by atoms with E-state index < -0.39 is 60.2 Å². The molecule has 11 heteroatoms. The van der Waals surface area contributed by atoms with Crippen LogP contribution in [0.15, 0.2) is 21.3 Å². The van der Waals surface area contributed by atoms with E-state index in [9.17, 15) is 35.4 Å². The number of benzene rings is 1. The molecule has 1 aromatic carbocycles. The zero-order valence-corrected chi connectivity index (χ0v) is 13.0. The van der Waals surface area contributed by atoms with E-state index in [0.717, 1.165) is 12.1 Å². The summed E-state index contributed by atoms with van der Waals surface area (Å²) >= 11 is 0. The lowest BCUT2D eigenvalue weighted by Gasteiger charge is -2.39. The minimum absolute atomic E-state index is 0.187. The maximum Gasteiger partial charge on any atom is 0.382 e. The van der Waals surface area contributed by atoms with Crippen LogP contribution in [0.1, 0.15) is 0 Å². The summed E-state index contributed by atoms with van der Waals surface area (Å²) in [5, 5.41) is 67.3. The summed E-state index contributed by atoms with van der Waals surface area (Å²) < 4.78 is 15.2. The molecule has 2 heterocycles. The lowest BCUT2D eigenvalue weighted by molar-refractivity contribution is -0.277. The molecule has 11 nitrogen and oxygen atoms in total. The van der Waals surface area contributed by atoms with Gasteiger partial charge in [-0.05, 0) is 0 Å². The highest BCUT2D eigenvalue weighted by Crippen LogP contribution is 2.39. The average Bonchev–Trinajstić information content (AvgIpc) is 2.59. The molecule has 1 fully saturated rings. The first-order valence-electron chi connectivity index (χ1n) is 7.43. The van der Waals surface area contributed by atoms with Crippen molar-refractivity contribution in [1.82, 2.24) is 0 Å². The van der Waals surface area contributed by atoms with Crippen molar-refractivity contribution in [2.75, 3.05) is 6.61 Å². The predicted octanol–water partition coefficient (Wildman–Crippen LogP) is -1.91. The minimum atomic E-state index is -1.69. The van der Waals surface area contributed by atoms with Crippen LogP contribution in [-0.2, 0) is 4.74 Å². The monoisotopic (exact) mass is 372 g/mol. The van der Waals surface area contributed by atoms with Crippen LogP contribution >= 0.6 is 0 Å². The van der Waals surface area contributed by atoms with Gasteiger partial charge in [-0.15, -0.1) is 0 Å². The minimum Gasteiger partial charge on any atom is -0.507 e. The van der Waals surface area contributed by atoms with Gasteiger partial charge < -0.3 is 49.6 Å². The Morgan fingerprint density at radius 3 is 2.35 bits per heavy atom. The molecule has 26 heavy (non-hydrogen) atoms. The molecule has 3 rings (SSSR count). The highest BCUT2D eigenvalue weighted by molar-refractivity contribution is 5.91. The molecule has 142 valence electrons. The topological polar surface area (TPSA) is 190 Å². The van der Waals surface area contributed by atoms with Gasteiger partial charge in [0.25, 0.3) is 0 Å². The normalized spacial score (nSPS) is 29.0. The van der Waals surface area contributed by atoms with Crippen molar-refractivity contribution in [3.8, 4) is 23.0 Å². The van der Waals surface area contributed by atoms with Crippen LogP contribution in [0.4, 0.5) is 0 Å². The predicted molar refractivity (Wildman–Crippen MR) is 81.9 cm³/mol. The third-order valence-corrected chi connectivity index (χ3v) is 4.01. The van der Waals surface area contributed by atoms with Gasteiger partial charge in [-0.2, -0.15) is 0 Å². The number of fused-ring (bicyclic) bond motifs is 1. The second kappa shape index (κ2) is 6.63. The van der Waals surface area contributed by atoms with Gasteiger partial charge in [-0.3, -0.25) is 0 Å². The second-order valence-corrected chi connectivity index (χ2v) is 5.72. The molecule has 0 bridgehead atoms. The van der Waals surface area contributed by atoms with E-state index in [1.165, 1.54) is 0 Å². The number of phenols is 1. The number of aliphatic hydroxyl groups excluding tert-OH is 4. The zero-order chi connectivity index (χ0) is 19.2. The van der Waals surface area contributed by atoms with E-state index >= 15 is 0 Å². The highest BCUT2D eigenvalue weighted by Gasteiger charge is 2.44. The number of hydrogen-bond acceptors (Lipinski definition) is 11. The molecule has 0 saturated carbocycles. The number of rotatable bonds is 3. The fraction of sp³-hybridized carbons (Fsp3) is 0.400. The van der Waals surface area contributed by atoms with Crippen LogP contribution in [0.5, 0.6) is 23.0 Å². The summed E-state index contributed by atoms with van der Waals surface area (Å²) in [4.78, 5) is 11.4. The second-order valence-electron chi connectivity index (χ2n) is 5.72. The Hall–Kier alpha value is -2.57. The molecule has 7 N–H and O–H groups in total. The smallest absolute Gasteiger partial charge is 0.382 e. The lowest BCUT2D eigenvalue weighted by atomic mass is 9.99. The quantitative estimate of drug-likeness (QED) is 0.297. The molecule has 0 amide bonds. The van der Waals surface area contributed by atoms with Gasteiger partial charge in [0.2, 0.25) is 12.0 Å². The third kappa shape index (κ3) is 2.91. The van der Waals surface area contributed by atoms with Crippen LogP contribution in [-0.4, -0.2) is 73.1 Å². The van der Waals surface area contributed by atoms with Gasteiger partial charge in [0.15, 0.2) is 5.75 Å². The molecular weight excluding hydrogens is 356 g/mol. The molecule has 1 aliphatic rings. The third-order valence-electron chi connectivity index (χ3n) is 4.01. The Morgan fingerprint density at radius 1 is 1.00 bits per heavy atom. The molecule has 1 aliphatic heterocycles. The van der Waals surface area contributed by atoms with Crippen molar-refractivity contribution in [1.29, 1.82) is 0 Å². The Morgan fingerprint density at radius 2 is 1.69 bits per heavy atom. The summed E-state index contributed by atoms with van der Waals surface area (Å²) in [7, 11) is 0. The van der Waals surface area contributed by atoms with E-state index in [1.807, 2.05) is 0 Å². The number of aliphatic hydroxyl groups is 4. The van der Waals surface area contributed by atoms with Gasteiger partial charge in [-0.25, -0.2) is 4.79 Å².